The third kappa shape index (κ3) is 4.03. The number of carbonyl (C=O) groups is 1. The van der Waals surface area contributed by atoms with Crippen LogP contribution < -0.4 is 4.72 Å². The molecule has 0 aliphatic heterocycles. The molecule has 0 saturated heterocycles. The topological polar surface area (TPSA) is 81.7 Å². The van der Waals surface area contributed by atoms with Gasteiger partial charge in [0.15, 0.2) is 0 Å². The average molecular weight is 301 g/mol. The maximum absolute atomic E-state index is 12.4. The van der Waals surface area contributed by atoms with Gasteiger partial charge in [-0.15, -0.1) is 0 Å². The Morgan fingerprint density at radius 1 is 1.25 bits per heavy atom. The summed E-state index contributed by atoms with van der Waals surface area (Å²) >= 11 is 0. The first kappa shape index (κ1) is 16.6. The van der Waals surface area contributed by atoms with Gasteiger partial charge in [-0.1, -0.05) is 12.1 Å². The Morgan fingerprint density at radius 2 is 1.85 bits per heavy atom. The number of hydrogen-bond acceptors (Lipinski definition) is 5. The average Bonchev–Trinajstić information content (AvgIpc) is 2.36. The van der Waals surface area contributed by atoms with Gasteiger partial charge >= 0.3 is 5.97 Å². The van der Waals surface area contributed by atoms with Crippen LogP contribution in [0.4, 0.5) is 0 Å². The summed E-state index contributed by atoms with van der Waals surface area (Å²) in [6, 6.07) is 5.89. The summed E-state index contributed by atoms with van der Waals surface area (Å²) in [5, 5.41) is 0. The zero-order valence-corrected chi connectivity index (χ0v) is 12.8. The van der Waals surface area contributed by atoms with Crippen LogP contribution in [0.15, 0.2) is 29.2 Å². The summed E-state index contributed by atoms with van der Waals surface area (Å²) in [5.74, 6) is -0.699. The molecule has 1 rings (SSSR count). The van der Waals surface area contributed by atoms with Gasteiger partial charge in [0.25, 0.3) is 0 Å². The van der Waals surface area contributed by atoms with Crippen LogP contribution >= 0.6 is 0 Å². The zero-order chi connectivity index (χ0) is 15.4. The van der Waals surface area contributed by atoms with Crippen molar-refractivity contribution in [1.29, 1.82) is 0 Å². The van der Waals surface area contributed by atoms with E-state index in [1.165, 1.54) is 26.4 Å². The molecule has 0 fully saturated rings. The number of benzene rings is 1. The third-order valence-electron chi connectivity index (χ3n) is 2.50. The summed E-state index contributed by atoms with van der Waals surface area (Å²) in [5.41, 5.74) is -0.799. The van der Waals surface area contributed by atoms with Crippen LogP contribution in [0, 0.1) is 0 Å². The van der Waals surface area contributed by atoms with E-state index in [-0.39, 0.29) is 17.1 Å². The van der Waals surface area contributed by atoms with Gasteiger partial charge in [0, 0.05) is 7.11 Å². The van der Waals surface area contributed by atoms with Crippen LogP contribution in [-0.4, -0.2) is 40.8 Å². The van der Waals surface area contributed by atoms with Crippen molar-refractivity contribution in [1.82, 2.24) is 4.72 Å². The molecule has 0 amide bonds. The predicted molar refractivity (Wildman–Crippen MR) is 74.1 cm³/mol. The molecule has 0 aliphatic rings. The second kappa shape index (κ2) is 6.34. The van der Waals surface area contributed by atoms with Crippen LogP contribution in [0.1, 0.15) is 24.2 Å². The quantitative estimate of drug-likeness (QED) is 0.798. The number of sulfonamides is 1. The Hall–Kier alpha value is -1.44. The van der Waals surface area contributed by atoms with E-state index in [0.29, 0.717) is 0 Å². The highest BCUT2D eigenvalue weighted by molar-refractivity contribution is 7.89. The molecule has 0 spiro atoms. The van der Waals surface area contributed by atoms with E-state index in [4.69, 9.17) is 4.74 Å². The minimum atomic E-state index is -3.86. The molecule has 0 bridgehead atoms. The number of methoxy groups -OCH3 is 2. The number of ether oxygens (including phenoxy) is 2. The first-order valence-electron chi connectivity index (χ1n) is 5.94. The largest absolute Gasteiger partial charge is 0.465 e. The lowest BCUT2D eigenvalue weighted by Gasteiger charge is -2.25. The monoisotopic (exact) mass is 301 g/mol. The van der Waals surface area contributed by atoms with E-state index in [9.17, 15) is 13.2 Å². The van der Waals surface area contributed by atoms with Gasteiger partial charge in [-0.25, -0.2) is 17.9 Å². The van der Waals surface area contributed by atoms with Crippen LogP contribution in [0.3, 0.4) is 0 Å². The zero-order valence-electron chi connectivity index (χ0n) is 12.0. The standard InChI is InChI=1S/C13H19NO5S/c1-13(2,9-18-3)14-20(16,17)11-8-6-5-7-10(11)12(15)19-4/h5-8,14H,9H2,1-4H3. The molecular weight excluding hydrogens is 282 g/mol. The fraction of sp³-hybridized carbons (Fsp3) is 0.462. The predicted octanol–water partition coefficient (Wildman–Crippen LogP) is 1.18. The summed E-state index contributed by atoms with van der Waals surface area (Å²) < 4.78 is 36.8. The highest BCUT2D eigenvalue weighted by Crippen LogP contribution is 2.18. The van der Waals surface area contributed by atoms with Gasteiger partial charge in [0.1, 0.15) is 0 Å². The third-order valence-corrected chi connectivity index (χ3v) is 4.25. The van der Waals surface area contributed by atoms with E-state index in [1.54, 1.807) is 26.0 Å². The van der Waals surface area contributed by atoms with E-state index in [2.05, 4.69) is 9.46 Å². The molecule has 1 aromatic carbocycles. The van der Waals surface area contributed by atoms with Crippen molar-refractivity contribution in [2.75, 3.05) is 20.8 Å². The SMILES string of the molecule is COCC(C)(C)NS(=O)(=O)c1ccccc1C(=O)OC. The minimum absolute atomic E-state index is 0.00397. The molecule has 0 heterocycles. The second-order valence-electron chi connectivity index (χ2n) is 4.91. The molecule has 0 aromatic heterocycles. The normalized spacial score (nSPS) is 12.2. The molecule has 20 heavy (non-hydrogen) atoms. The molecule has 112 valence electrons. The number of esters is 1. The molecule has 6 nitrogen and oxygen atoms in total. The molecular formula is C13H19NO5S. The Kier molecular flexibility index (Phi) is 5.27. The molecule has 1 aromatic rings. The van der Waals surface area contributed by atoms with Crippen molar-refractivity contribution in [3.63, 3.8) is 0 Å². The highest BCUT2D eigenvalue weighted by atomic mass is 32.2. The number of carbonyl (C=O) groups excluding carboxylic acids is 1. The molecule has 0 radical (unpaired) electrons. The molecule has 7 heteroatoms. The summed E-state index contributed by atoms with van der Waals surface area (Å²) in [4.78, 5) is 11.5. The van der Waals surface area contributed by atoms with E-state index >= 15 is 0 Å². The Morgan fingerprint density at radius 3 is 2.40 bits per heavy atom. The molecule has 0 unspecified atom stereocenters. The van der Waals surface area contributed by atoms with Crippen molar-refractivity contribution < 1.29 is 22.7 Å². The molecule has 1 N–H and O–H groups in total. The smallest absolute Gasteiger partial charge is 0.339 e. The van der Waals surface area contributed by atoms with Crippen LogP contribution in [0.25, 0.3) is 0 Å². The van der Waals surface area contributed by atoms with Gasteiger partial charge in [0.05, 0.1) is 29.7 Å². The van der Waals surface area contributed by atoms with Crippen molar-refractivity contribution in [3.05, 3.63) is 29.8 Å². The minimum Gasteiger partial charge on any atom is -0.465 e. The lowest BCUT2D eigenvalue weighted by Crippen LogP contribution is -2.46. The van der Waals surface area contributed by atoms with Gasteiger partial charge in [-0.05, 0) is 26.0 Å². The van der Waals surface area contributed by atoms with Gasteiger partial charge in [-0.3, -0.25) is 0 Å². The molecule has 0 saturated carbocycles. The Labute approximate surface area is 119 Å². The van der Waals surface area contributed by atoms with Crippen LogP contribution in [-0.2, 0) is 19.5 Å². The molecule has 0 atom stereocenters. The van der Waals surface area contributed by atoms with Gasteiger partial charge < -0.3 is 9.47 Å². The summed E-state index contributed by atoms with van der Waals surface area (Å²) in [6.45, 7) is 3.58. The van der Waals surface area contributed by atoms with Gasteiger partial charge in [0.2, 0.25) is 10.0 Å². The summed E-state index contributed by atoms with van der Waals surface area (Å²) in [6.07, 6.45) is 0. The summed E-state index contributed by atoms with van der Waals surface area (Å²) in [7, 11) is -1.17. The van der Waals surface area contributed by atoms with Crippen molar-refractivity contribution in [3.8, 4) is 0 Å². The van der Waals surface area contributed by atoms with Crippen molar-refractivity contribution in [2.24, 2.45) is 0 Å². The highest BCUT2D eigenvalue weighted by Gasteiger charge is 2.29. The maximum Gasteiger partial charge on any atom is 0.339 e. The second-order valence-corrected chi connectivity index (χ2v) is 6.56. The molecule has 0 aliphatic carbocycles. The number of hydrogen-bond donors (Lipinski definition) is 1. The van der Waals surface area contributed by atoms with Crippen LogP contribution in [0.2, 0.25) is 0 Å². The lowest BCUT2D eigenvalue weighted by molar-refractivity contribution is 0.0596. The Bertz CT molecular complexity index is 580. The first-order chi connectivity index (χ1) is 9.23. The van der Waals surface area contributed by atoms with Crippen molar-refractivity contribution >= 4 is 16.0 Å². The number of nitrogens with one attached hydrogen (secondary N) is 1. The number of rotatable bonds is 6. The maximum atomic E-state index is 12.4. The fourth-order valence-electron chi connectivity index (χ4n) is 1.79. The van der Waals surface area contributed by atoms with Crippen LogP contribution in [0.5, 0.6) is 0 Å². The first-order valence-corrected chi connectivity index (χ1v) is 7.42. The van der Waals surface area contributed by atoms with Crippen molar-refractivity contribution in [2.45, 2.75) is 24.3 Å². The van der Waals surface area contributed by atoms with E-state index < -0.39 is 21.5 Å². The van der Waals surface area contributed by atoms with E-state index in [1.807, 2.05) is 0 Å². The fourth-order valence-corrected chi connectivity index (χ4v) is 3.38. The van der Waals surface area contributed by atoms with Gasteiger partial charge in [-0.2, -0.15) is 0 Å². The lowest BCUT2D eigenvalue weighted by atomic mass is 10.1. The van der Waals surface area contributed by atoms with E-state index in [0.717, 1.165) is 0 Å². The Balaban J connectivity index is 3.20.